The Morgan fingerprint density at radius 2 is 1.69 bits per heavy atom. The first-order valence-electron chi connectivity index (χ1n) is 6.61. The van der Waals surface area contributed by atoms with Gasteiger partial charge in [0, 0.05) is 0 Å². The summed E-state index contributed by atoms with van der Waals surface area (Å²) in [5.74, 6) is -0.123. The van der Waals surface area contributed by atoms with Crippen molar-refractivity contribution in [3.8, 4) is 0 Å². The van der Waals surface area contributed by atoms with E-state index in [0.29, 0.717) is 13.0 Å². The fourth-order valence-corrected chi connectivity index (χ4v) is 1.56. The molecule has 2 heteroatoms. The molecule has 0 N–H and O–H groups in total. The molecule has 0 aliphatic carbocycles. The number of carbonyl (C=O) groups excluding carboxylic acids is 1. The van der Waals surface area contributed by atoms with Crippen LogP contribution in [0.1, 0.15) is 65.2 Å². The van der Waals surface area contributed by atoms with Gasteiger partial charge in [0.1, 0.15) is 0 Å². The van der Waals surface area contributed by atoms with E-state index >= 15 is 0 Å². The summed E-state index contributed by atoms with van der Waals surface area (Å²) in [4.78, 5) is 11.0. The lowest BCUT2D eigenvalue weighted by Gasteiger charge is -1.98. The highest BCUT2D eigenvalue weighted by Crippen LogP contribution is 2.07. The van der Waals surface area contributed by atoms with Crippen LogP contribution in [0, 0.1) is 0 Å². The molecule has 0 aromatic heterocycles. The highest BCUT2D eigenvalue weighted by Gasteiger charge is 1.95. The van der Waals surface area contributed by atoms with Crippen molar-refractivity contribution in [2.24, 2.45) is 0 Å². The Morgan fingerprint density at radius 3 is 2.38 bits per heavy atom. The van der Waals surface area contributed by atoms with Crippen LogP contribution in [0.3, 0.4) is 0 Å². The van der Waals surface area contributed by atoms with E-state index in [-0.39, 0.29) is 5.97 Å². The summed E-state index contributed by atoms with van der Waals surface area (Å²) in [6.45, 7) is 4.54. The van der Waals surface area contributed by atoms with Gasteiger partial charge in [-0.05, 0) is 19.8 Å². The highest BCUT2D eigenvalue weighted by atomic mass is 16.5. The number of unbranched alkanes of at least 4 members (excludes halogenated alkanes) is 6. The van der Waals surface area contributed by atoms with Gasteiger partial charge in [-0.1, -0.05) is 51.2 Å². The topological polar surface area (TPSA) is 26.3 Å². The van der Waals surface area contributed by atoms with Gasteiger partial charge in [-0.15, -0.1) is 0 Å². The molecule has 0 aromatic rings. The van der Waals surface area contributed by atoms with Crippen molar-refractivity contribution >= 4 is 5.97 Å². The summed E-state index contributed by atoms with van der Waals surface area (Å²) >= 11 is 0. The third kappa shape index (κ3) is 11.3. The van der Waals surface area contributed by atoms with Crippen LogP contribution in [0.5, 0.6) is 0 Å². The van der Waals surface area contributed by atoms with E-state index in [0.717, 1.165) is 6.42 Å². The van der Waals surface area contributed by atoms with Gasteiger partial charge in [0.25, 0.3) is 0 Å². The Bertz CT molecular complexity index is 185. The van der Waals surface area contributed by atoms with Gasteiger partial charge >= 0.3 is 5.97 Å². The standard InChI is InChI=1S/C14H26O2/c1-3-5-6-7-8-9-10-11-12-13-14(15)16-4-2/h11-12H,3-10,13H2,1-2H3. The molecule has 0 aliphatic rings. The van der Waals surface area contributed by atoms with Crippen molar-refractivity contribution in [2.45, 2.75) is 65.2 Å². The third-order valence-corrected chi connectivity index (χ3v) is 2.48. The van der Waals surface area contributed by atoms with Crippen molar-refractivity contribution in [2.75, 3.05) is 6.61 Å². The number of rotatable bonds is 10. The Labute approximate surface area is 100 Å². The Hall–Kier alpha value is -0.790. The molecule has 0 fully saturated rings. The minimum absolute atomic E-state index is 0.123. The smallest absolute Gasteiger partial charge is 0.309 e. The predicted octanol–water partition coefficient (Wildman–Crippen LogP) is 4.25. The molecule has 16 heavy (non-hydrogen) atoms. The lowest BCUT2D eigenvalue weighted by molar-refractivity contribution is -0.142. The molecule has 0 saturated heterocycles. The van der Waals surface area contributed by atoms with Crippen LogP contribution in [0.25, 0.3) is 0 Å². The number of ether oxygens (including phenoxy) is 1. The minimum Gasteiger partial charge on any atom is -0.466 e. The van der Waals surface area contributed by atoms with E-state index < -0.39 is 0 Å². The summed E-state index contributed by atoms with van der Waals surface area (Å²) in [7, 11) is 0. The quantitative estimate of drug-likeness (QED) is 0.316. The van der Waals surface area contributed by atoms with E-state index in [1.807, 2.05) is 13.0 Å². The normalized spacial score (nSPS) is 10.9. The maximum absolute atomic E-state index is 11.0. The van der Waals surface area contributed by atoms with Crippen LogP contribution in [0.4, 0.5) is 0 Å². The molecule has 94 valence electrons. The van der Waals surface area contributed by atoms with Crippen molar-refractivity contribution in [1.82, 2.24) is 0 Å². The van der Waals surface area contributed by atoms with Crippen LogP contribution in [0.15, 0.2) is 12.2 Å². The second-order valence-electron chi connectivity index (χ2n) is 4.04. The average Bonchev–Trinajstić information content (AvgIpc) is 2.27. The molecule has 0 amide bonds. The van der Waals surface area contributed by atoms with Crippen LogP contribution in [-0.2, 0) is 9.53 Å². The first-order chi connectivity index (χ1) is 7.81. The summed E-state index contributed by atoms with van der Waals surface area (Å²) in [5.41, 5.74) is 0. The summed E-state index contributed by atoms with van der Waals surface area (Å²) < 4.78 is 4.82. The molecule has 0 heterocycles. The van der Waals surface area contributed by atoms with Gasteiger partial charge in [-0.3, -0.25) is 4.79 Å². The molecule has 0 atom stereocenters. The lowest BCUT2D eigenvalue weighted by atomic mass is 10.1. The Balaban J connectivity index is 3.18. The molecular weight excluding hydrogens is 200 g/mol. The van der Waals surface area contributed by atoms with E-state index in [9.17, 15) is 4.79 Å². The Morgan fingerprint density at radius 1 is 1.00 bits per heavy atom. The second-order valence-corrected chi connectivity index (χ2v) is 4.04. The van der Waals surface area contributed by atoms with E-state index in [1.165, 1.54) is 38.5 Å². The van der Waals surface area contributed by atoms with E-state index in [4.69, 9.17) is 4.74 Å². The van der Waals surface area contributed by atoms with Gasteiger partial charge in [0.2, 0.25) is 0 Å². The summed E-state index contributed by atoms with van der Waals surface area (Å²) in [5, 5.41) is 0. The third-order valence-electron chi connectivity index (χ3n) is 2.48. The summed E-state index contributed by atoms with van der Waals surface area (Å²) in [6, 6.07) is 0. The van der Waals surface area contributed by atoms with Crippen molar-refractivity contribution in [1.29, 1.82) is 0 Å². The van der Waals surface area contributed by atoms with Gasteiger partial charge in [-0.25, -0.2) is 0 Å². The fraction of sp³-hybridized carbons (Fsp3) is 0.786. The molecule has 0 spiro atoms. The number of allylic oxidation sites excluding steroid dienone is 1. The monoisotopic (exact) mass is 226 g/mol. The number of hydrogen-bond acceptors (Lipinski definition) is 2. The first kappa shape index (κ1) is 15.2. The SMILES string of the molecule is CCCCCCCCC=CCC(=O)OCC. The molecule has 2 nitrogen and oxygen atoms in total. The predicted molar refractivity (Wildman–Crippen MR) is 68.4 cm³/mol. The van der Waals surface area contributed by atoms with Crippen LogP contribution < -0.4 is 0 Å². The molecule has 0 aromatic carbocycles. The molecule has 0 bridgehead atoms. The molecular formula is C14H26O2. The van der Waals surface area contributed by atoms with Crippen molar-refractivity contribution in [3.63, 3.8) is 0 Å². The minimum atomic E-state index is -0.123. The number of carbonyl (C=O) groups is 1. The molecule has 0 aliphatic heterocycles. The molecule has 0 radical (unpaired) electrons. The van der Waals surface area contributed by atoms with Crippen LogP contribution >= 0.6 is 0 Å². The number of esters is 1. The maximum Gasteiger partial charge on any atom is 0.309 e. The zero-order valence-corrected chi connectivity index (χ0v) is 10.8. The average molecular weight is 226 g/mol. The maximum atomic E-state index is 11.0. The molecule has 0 saturated carbocycles. The molecule has 0 rings (SSSR count). The van der Waals surface area contributed by atoms with Crippen LogP contribution in [0.2, 0.25) is 0 Å². The largest absolute Gasteiger partial charge is 0.466 e. The van der Waals surface area contributed by atoms with E-state index in [2.05, 4.69) is 13.0 Å². The van der Waals surface area contributed by atoms with E-state index in [1.54, 1.807) is 0 Å². The summed E-state index contributed by atoms with van der Waals surface area (Å²) in [6.07, 6.45) is 13.4. The van der Waals surface area contributed by atoms with Gasteiger partial charge in [0.05, 0.1) is 13.0 Å². The van der Waals surface area contributed by atoms with Gasteiger partial charge in [-0.2, -0.15) is 0 Å². The Kier molecular flexibility index (Phi) is 11.7. The van der Waals surface area contributed by atoms with Gasteiger partial charge in [0.15, 0.2) is 0 Å². The first-order valence-corrected chi connectivity index (χ1v) is 6.61. The van der Waals surface area contributed by atoms with Gasteiger partial charge < -0.3 is 4.74 Å². The van der Waals surface area contributed by atoms with Crippen LogP contribution in [-0.4, -0.2) is 12.6 Å². The zero-order chi connectivity index (χ0) is 12.1. The fourth-order valence-electron chi connectivity index (χ4n) is 1.56. The zero-order valence-electron chi connectivity index (χ0n) is 10.8. The lowest BCUT2D eigenvalue weighted by Crippen LogP contribution is -2.01. The highest BCUT2D eigenvalue weighted by molar-refractivity contribution is 5.71. The van der Waals surface area contributed by atoms with Crippen molar-refractivity contribution in [3.05, 3.63) is 12.2 Å². The molecule has 0 unspecified atom stereocenters. The number of hydrogen-bond donors (Lipinski definition) is 0. The second kappa shape index (κ2) is 12.3. The van der Waals surface area contributed by atoms with Crippen molar-refractivity contribution < 1.29 is 9.53 Å².